The summed E-state index contributed by atoms with van der Waals surface area (Å²) in [5.74, 6) is 0. The predicted molar refractivity (Wildman–Crippen MR) is 152 cm³/mol. The Bertz CT molecular complexity index is 1570. The lowest BCUT2D eigenvalue weighted by Crippen LogP contribution is -2.35. The number of hydrogen-bond acceptors (Lipinski definition) is 5. The van der Waals surface area contributed by atoms with Gasteiger partial charge < -0.3 is 24.0 Å². The second-order valence-corrected chi connectivity index (χ2v) is 10.2. The van der Waals surface area contributed by atoms with Gasteiger partial charge in [0.05, 0.1) is 16.9 Å². The van der Waals surface area contributed by atoms with Crippen molar-refractivity contribution >= 4 is 33.3 Å². The Morgan fingerprint density at radius 3 is 1.85 bits per heavy atom. The molecule has 2 atom stereocenters. The monoisotopic (exact) mass is 534 g/mol. The van der Waals surface area contributed by atoms with Gasteiger partial charge in [-0.3, -0.25) is 0 Å². The number of fused-ring (bicyclic) bond motifs is 3. The zero-order chi connectivity index (χ0) is 28.1. The molecule has 0 unspecified atom stereocenters. The average Bonchev–Trinajstić information content (AvgIpc) is 3.54. The highest BCUT2D eigenvalue weighted by atomic mass is 19.4. The summed E-state index contributed by atoms with van der Waals surface area (Å²) < 4.78 is 45.3. The molecule has 1 aromatic heterocycles. The van der Waals surface area contributed by atoms with Crippen LogP contribution in [-0.2, 0) is 6.18 Å². The number of para-hydroxylation sites is 2. The van der Waals surface area contributed by atoms with Crippen molar-refractivity contribution in [1.29, 1.82) is 0 Å². The van der Waals surface area contributed by atoms with E-state index in [2.05, 4.69) is 67.4 Å². The summed E-state index contributed by atoms with van der Waals surface area (Å²) in [6.07, 6.45) is 3.52. The minimum absolute atomic E-state index is 0.118. The molecule has 2 aliphatic rings. The van der Waals surface area contributed by atoms with E-state index in [1.807, 2.05) is 31.0 Å². The van der Waals surface area contributed by atoms with Crippen molar-refractivity contribution in [1.82, 2.24) is 9.80 Å². The standard InChI is InChI=1S/C18H18N2O.C13H15F3N2/c1-12-8-9-15-14-6-4-5-7-16(14)21-18(15)17(12)20-11-10-19(3)13(20)2;1-9-5-4-6-11(13(14,15)16)12(9)18-8-7-17(3)10(18)2/h4-11,13H,1-3H3;4-8,10H,1-3H3/t13-;10-/m11/s1. The van der Waals surface area contributed by atoms with Crippen LogP contribution in [0.1, 0.15) is 30.5 Å². The van der Waals surface area contributed by atoms with Crippen LogP contribution < -0.4 is 9.80 Å². The molecule has 3 heterocycles. The minimum Gasteiger partial charge on any atom is -0.454 e. The Hall–Kier alpha value is -4.07. The molecule has 39 heavy (non-hydrogen) atoms. The number of furan rings is 1. The van der Waals surface area contributed by atoms with Crippen molar-refractivity contribution in [3.63, 3.8) is 0 Å². The van der Waals surface area contributed by atoms with Crippen molar-refractivity contribution < 1.29 is 17.6 Å². The quantitative estimate of drug-likeness (QED) is 0.259. The molecule has 3 aromatic carbocycles. The zero-order valence-corrected chi connectivity index (χ0v) is 23.0. The van der Waals surface area contributed by atoms with Gasteiger partial charge in [0, 0.05) is 49.7 Å². The maximum absolute atomic E-state index is 13.0. The third kappa shape index (κ3) is 4.68. The first-order chi connectivity index (χ1) is 18.5. The van der Waals surface area contributed by atoms with Crippen molar-refractivity contribution in [2.75, 3.05) is 23.9 Å². The van der Waals surface area contributed by atoms with Crippen LogP contribution in [0.15, 0.2) is 83.8 Å². The number of anilines is 2. The van der Waals surface area contributed by atoms with E-state index in [-0.39, 0.29) is 11.9 Å². The van der Waals surface area contributed by atoms with E-state index in [4.69, 9.17) is 4.42 Å². The summed E-state index contributed by atoms with van der Waals surface area (Å²) in [5, 5.41) is 2.36. The van der Waals surface area contributed by atoms with Crippen LogP contribution in [0, 0.1) is 13.8 Å². The summed E-state index contributed by atoms with van der Waals surface area (Å²) >= 11 is 0. The number of aryl methyl sites for hydroxylation is 2. The Morgan fingerprint density at radius 2 is 1.26 bits per heavy atom. The normalized spacial score (nSPS) is 19.0. The smallest absolute Gasteiger partial charge is 0.418 e. The Morgan fingerprint density at radius 1 is 0.667 bits per heavy atom. The first-order valence-electron chi connectivity index (χ1n) is 12.9. The molecule has 0 bridgehead atoms. The van der Waals surface area contributed by atoms with Gasteiger partial charge in [-0.1, -0.05) is 42.5 Å². The van der Waals surface area contributed by atoms with Crippen LogP contribution in [0.4, 0.5) is 24.5 Å². The van der Waals surface area contributed by atoms with E-state index in [0.717, 1.165) is 22.9 Å². The first-order valence-corrected chi connectivity index (χ1v) is 12.9. The molecule has 0 spiro atoms. The molecule has 0 saturated heterocycles. The molecule has 5 nitrogen and oxygen atoms in total. The second-order valence-electron chi connectivity index (χ2n) is 10.2. The predicted octanol–water partition coefficient (Wildman–Crippen LogP) is 8.05. The number of nitrogens with zero attached hydrogens (tertiary/aromatic N) is 4. The van der Waals surface area contributed by atoms with Crippen molar-refractivity contribution in [3.05, 3.63) is 96.1 Å². The van der Waals surface area contributed by atoms with E-state index in [1.54, 1.807) is 30.3 Å². The van der Waals surface area contributed by atoms with Crippen LogP contribution in [0.3, 0.4) is 0 Å². The third-order valence-electron chi connectivity index (χ3n) is 7.69. The van der Waals surface area contributed by atoms with E-state index < -0.39 is 11.7 Å². The van der Waals surface area contributed by atoms with Crippen LogP contribution in [0.5, 0.6) is 0 Å². The number of rotatable bonds is 2. The molecule has 204 valence electrons. The molecular weight excluding hydrogens is 501 g/mol. The summed E-state index contributed by atoms with van der Waals surface area (Å²) in [5.41, 5.74) is 4.58. The molecule has 8 heteroatoms. The van der Waals surface area contributed by atoms with Crippen LogP contribution in [0.25, 0.3) is 21.9 Å². The number of benzene rings is 3. The van der Waals surface area contributed by atoms with Gasteiger partial charge in [-0.15, -0.1) is 0 Å². The zero-order valence-electron chi connectivity index (χ0n) is 23.0. The summed E-state index contributed by atoms with van der Waals surface area (Å²) in [6.45, 7) is 7.90. The molecule has 0 fully saturated rings. The maximum atomic E-state index is 13.0. The van der Waals surface area contributed by atoms with E-state index in [9.17, 15) is 13.2 Å². The lowest BCUT2D eigenvalue weighted by atomic mass is 10.1. The van der Waals surface area contributed by atoms with Gasteiger partial charge in [-0.2, -0.15) is 13.2 Å². The second kappa shape index (κ2) is 9.91. The lowest BCUT2D eigenvalue weighted by Gasteiger charge is -2.30. The number of hydrogen-bond donors (Lipinski definition) is 0. The molecule has 6 rings (SSSR count). The van der Waals surface area contributed by atoms with Gasteiger partial charge in [-0.05, 0) is 51.0 Å². The minimum atomic E-state index is -4.34. The average molecular weight is 535 g/mol. The van der Waals surface area contributed by atoms with E-state index in [0.29, 0.717) is 11.7 Å². The SMILES string of the molecule is Cc1ccc2c(oc3ccccc32)c1N1C=CN(C)[C@H]1C.Cc1cccc(C(F)(F)F)c1N1C=CN(C)[C@H]1C. The first kappa shape index (κ1) is 26.5. The maximum Gasteiger partial charge on any atom is 0.418 e. The van der Waals surface area contributed by atoms with Crippen LogP contribution in [0.2, 0.25) is 0 Å². The fourth-order valence-electron chi connectivity index (χ4n) is 5.19. The van der Waals surface area contributed by atoms with Gasteiger partial charge in [-0.25, -0.2) is 0 Å². The third-order valence-corrected chi connectivity index (χ3v) is 7.69. The summed E-state index contributed by atoms with van der Waals surface area (Å²) in [6, 6.07) is 16.8. The Balaban J connectivity index is 0.000000160. The highest BCUT2D eigenvalue weighted by Crippen LogP contribution is 2.41. The van der Waals surface area contributed by atoms with Crippen molar-refractivity contribution in [3.8, 4) is 0 Å². The molecule has 0 N–H and O–H groups in total. The largest absolute Gasteiger partial charge is 0.454 e. The lowest BCUT2D eigenvalue weighted by molar-refractivity contribution is -0.137. The molecule has 4 aromatic rings. The van der Waals surface area contributed by atoms with E-state index >= 15 is 0 Å². The van der Waals surface area contributed by atoms with Gasteiger partial charge in [0.15, 0.2) is 5.58 Å². The Labute approximate surface area is 227 Å². The topological polar surface area (TPSA) is 26.1 Å². The van der Waals surface area contributed by atoms with Gasteiger partial charge in [0.25, 0.3) is 0 Å². The summed E-state index contributed by atoms with van der Waals surface area (Å²) in [4.78, 5) is 7.99. The highest BCUT2D eigenvalue weighted by Gasteiger charge is 2.37. The molecule has 0 aliphatic carbocycles. The highest BCUT2D eigenvalue weighted by molar-refractivity contribution is 6.09. The fourth-order valence-corrected chi connectivity index (χ4v) is 5.19. The van der Waals surface area contributed by atoms with E-state index in [1.165, 1.54) is 22.4 Å². The number of halogens is 3. The van der Waals surface area contributed by atoms with Crippen LogP contribution >= 0.6 is 0 Å². The number of alkyl halides is 3. The van der Waals surface area contributed by atoms with Crippen molar-refractivity contribution in [2.45, 2.75) is 46.2 Å². The molecule has 0 saturated carbocycles. The van der Waals surface area contributed by atoms with Gasteiger partial charge in [0.1, 0.15) is 17.9 Å². The Kier molecular flexibility index (Phi) is 6.74. The van der Waals surface area contributed by atoms with Crippen molar-refractivity contribution in [2.24, 2.45) is 0 Å². The fraction of sp³-hybridized carbons (Fsp3) is 0.290. The summed E-state index contributed by atoms with van der Waals surface area (Å²) in [7, 11) is 3.93. The van der Waals surface area contributed by atoms with Gasteiger partial charge in [0.2, 0.25) is 0 Å². The molecule has 2 aliphatic heterocycles. The molecular formula is C31H33F3N4O. The molecule has 0 radical (unpaired) electrons. The molecule has 0 amide bonds. The van der Waals surface area contributed by atoms with Gasteiger partial charge >= 0.3 is 6.18 Å². The van der Waals surface area contributed by atoms with Crippen LogP contribution in [-0.4, -0.2) is 36.2 Å².